The topological polar surface area (TPSA) is 81.8 Å². The van der Waals surface area contributed by atoms with E-state index in [-0.39, 0.29) is 11.8 Å². The smallest absolute Gasteiger partial charge is 0.255 e. The molecule has 34 heavy (non-hydrogen) atoms. The van der Waals surface area contributed by atoms with Crippen molar-refractivity contribution in [3.05, 3.63) is 83.6 Å². The van der Waals surface area contributed by atoms with Gasteiger partial charge in [-0.25, -0.2) is 0 Å². The Morgan fingerprint density at radius 2 is 1.59 bits per heavy atom. The first-order valence-corrected chi connectivity index (χ1v) is 10.9. The fourth-order valence-electron chi connectivity index (χ4n) is 4.20. The highest BCUT2D eigenvalue weighted by atomic mass is 16.5. The van der Waals surface area contributed by atoms with Crippen LogP contribution in [-0.4, -0.2) is 45.9 Å². The van der Waals surface area contributed by atoms with Gasteiger partial charge < -0.3 is 29.2 Å². The first kappa shape index (κ1) is 23.0. The molecule has 0 bridgehead atoms. The maximum atomic E-state index is 13.2. The van der Waals surface area contributed by atoms with Gasteiger partial charge in [0.25, 0.3) is 5.91 Å². The zero-order valence-electron chi connectivity index (χ0n) is 19.7. The van der Waals surface area contributed by atoms with E-state index < -0.39 is 0 Å². The third-order valence-corrected chi connectivity index (χ3v) is 5.93. The number of rotatable bonds is 9. The molecule has 0 aliphatic rings. The van der Waals surface area contributed by atoms with E-state index in [1.165, 1.54) is 21.3 Å². The summed E-state index contributed by atoms with van der Waals surface area (Å²) >= 11 is 0. The summed E-state index contributed by atoms with van der Waals surface area (Å²) in [5.74, 6) is 1.62. The lowest BCUT2D eigenvalue weighted by Crippen LogP contribution is -2.29. The second kappa shape index (κ2) is 10.2. The van der Waals surface area contributed by atoms with Crippen molar-refractivity contribution >= 4 is 16.8 Å². The number of aromatic nitrogens is 1. The van der Waals surface area contributed by atoms with Crippen LogP contribution in [0.3, 0.4) is 0 Å². The summed E-state index contributed by atoms with van der Waals surface area (Å²) in [6, 6.07) is 19.4. The molecular weight excluding hydrogens is 432 g/mol. The monoisotopic (exact) mass is 460 g/mol. The highest BCUT2D eigenvalue weighted by molar-refractivity contribution is 5.98. The first-order chi connectivity index (χ1) is 16.6. The Labute approximate surface area is 198 Å². The lowest BCUT2D eigenvalue weighted by molar-refractivity contribution is 0.0948. The first-order valence-electron chi connectivity index (χ1n) is 10.9. The van der Waals surface area contributed by atoms with E-state index in [1.807, 2.05) is 48.7 Å². The van der Waals surface area contributed by atoms with E-state index in [9.17, 15) is 4.79 Å². The number of hydrogen-bond donors (Lipinski definition) is 2. The van der Waals surface area contributed by atoms with Gasteiger partial charge in [0.1, 0.15) is 5.75 Å². The molecule has 0 saturated carbocycles. The molecular formula is C27H28N2O5. The summed E-state index contributed by atoms with van der Waals surface area (Å²) in [4.78, 5) is 16.6. The minimum Gasteiger partial charge on any atom is -0.497 e. The minimum absolute atomic E-state index is 0.0860. The number of H-pyrrole nitrogens is 1. The molecule has 0 fully saturated rings. The number of amides is 1. The fourth-order valence-corrected chi connectivity index (χ4v) is 4.20. The van der Waals surface area contributed by atoms with E-state index in [0.29, 0.717) is 29.4 Å². The number of carbonyl (C=O) groups excluding carboxylic acids is 1. The van der Waals surface area contributed by atoms with Crippen LogP contribution >= 0.6 is 0 Å². The second-order valence-corrected chi connectivity index (χ2v) is 7.71. The lowest BCUT2D eigenvalue weighted by Gasteiger charge is -2.20. The van der Waals surface area contributed by atoms with E-state index in [2.05, 4.69) is 16.4 Å². The summed E-state index contributed by atoms with van der Waals surface area (Å²) in [7, 11) is 6.19. The zero-order chi connectivity index (χ0) is 24.1. The van der Waals surface area contributed by atoms with Crippen molar-refractivity contribution < 1.29 is 23.7 Å². The molecule has 4 aromatic rings. The van der Waals surface area contributed by atoms with Gasteiger partial charge in [0.15, 0.2) is 11.5 Å². The molecule has 1 amide bonds. The minimum atomic E-state index is -0.267. The van der Waals surface area contributed by atoms with Crippen molar-refractivity contribution in [2.24, 2.45) is 0 Å². The molecule has 1 atom stereocenters. The number of nitrogens with one attached hydrogen (secondary N) is 2. The van der Waals surface area contributed by atoms with Crippen molar-refractivity contribution in [1.82, 2.24) is 10.3 Å². The molecule has 3 aromatic carbocycles. The van der Waals surface area contributed by atoms with Gasteiger partial charge in [0.05, 0.1) is 34.0 Å². The van der Waals surface area contributed by atoms with E-state index in [4.69, 9.17) is 18.9 Å². The van der Waals surface area contributed by atoms with Crippen molar-refractivity contribution in [2.75, 3.05) is 35.0 Å². The van der Waals surface area contributed by atoms with Crippen LogP contribution in [0.1, 0.15) is 27.4 Å². The molecule has 0 radical (unpaired) electrons. The Kier molecular flexibility index (Phi) is 6.92. The number of para-hydroxylation sites is 1. The van der Waals surface area contributed by atoms with E-state index >= 15 is 0 Å². The summed E-state index contributed by atoms with van der Waals surface area (Å²) in [5, 5.41) is 4.19. The van der Waals surface area contributed by atoms with Gasteiger partial charge in [0, 0.05) is 29.6 Å². The van der Waals surface area contributed by atoms with Crippen LogP contribution < -0.4 is 24.3 Å². The number of ether oxygens (including phenoxy) is 4. The van der Waals surface area contributed by atoms with Crippen molar-refractivity contribution in [3.8, 4) is 23.0 Å². The largest absolute Gasteiger partial charge is 0.497 e. The van der Waals surface area contributed by atoms with Crippen LogP contribution in [0.15, 0.2) is 66.9 Å². The number of hydrogen-bond acceptors (Lipinski definition) is 5. The van der Waals surface area contributed by atoms with Crippen molar-refractivity contribution in [1.29, 1.82) is 0 Å². The Bertz CT molecular complexity index is 1280. The van der Waals surface area contributed by atoms with Crippen LogP contribution in [0.2, 0.25) is 0 Å². The Morgan fingerprint density at radius 3 is 2.26 bits per heavy atom. The maximum absolute atomic E-state index is 13.2. The molecule has 1 heterocycles. The zero-order valence-corrected chi connectivity index (χ0v) is 19.7. The number of carbonyl (C=O) groups is 1. The van der Waals surface area contributed by atoms with Gasteiger partial charge in [-0.05, 0) is 41.5 Å². The predicted octanol–water partition coefficient (Wildman–Crippen LogP) is 4.76. The summed E-state index contributed by atoms with van der Waals surface area (Å²) < 4.78 is 21.6. The molecule has 0 aliphatic heterocycles. The van der Waals surface area contributed by atoms with E-state index in [1.54, 1.807) is 19.2 Å². The van der Waals surface area contributed by atoms with Crippen LogP contribution in [0, 0.1) is 0 Å². The van der Waals surface area contributed by atoms with Crippen LogP contribution in [0.4, 0.5) is 0 Å². The third kappa shape index (κ3) is 4.37. The van der Waals surface area contributed by atoms with Gasteiger partial charge in [0.2, 0.25) is 5.75 Å². The summed E-state index contributed by atoms with van der Waals surface area (Å²) in [6.45, 7) is 0.379. The molecule has 2 N–H and O–H groups in total. The van der Waals surface area contributed by atoms with Crippen molar-refractivity contribution in [3.63, 3.8) is 0 Å². The molecule has 4 rings (SSSR count). The van der Waals surface area contributed by atoms with Gasteiger partial charge in [-0.3, -0.25) is 4.79 Å². The highest BCUT2D eigenvalue weighted by Crippen LogP contribution is 2.40. The number of benzene rings is 3. The summed E-state index contributed by atoms with van der Waals surface area (Å²) in [6.07, 6.45) is 2.00. The van der Waals surface area contributed by atoms with Gasteiger partial charge in [-0.2, -0.15) is 0 Å². The van der Waals surface area contributed by atoms with Gasteiger partial charge in [-0.15, -0.1) is 0 Å². The third-order valence-electron chi connectivity index (χ3n) is 5.93. The molecule has 0 aliphatic carbocycles. The van der Waals surface area contributed by atoms with Crippen LogP contribution in [0.5, 0.6) is 23.0 Å². The molecule has 1 unspecified atom stereocenters. The average Bonchev–Trinajstić information content (AvgIpc) is 3.32. The Hall–Kier alpha value is -4.13. The van der Waals surface area contributed by atoms with Crippen LogP contribution in [0.25, 0.3) is 10.9 Å². The standard InChI is InChI=1S/C27H28N2O5/c1-31-18-11-9-17(10-12-18)21(22-16-28-23-8-6-5-7-19(22)23)15-29-27(30)20-13-14-24(32-2)26(34-4)25(20)33-3/h5-14,16,21,28H,15H2,1-4H3,(H,29,30). The maximum Gasteiger partial charge on any atom is 0.255 e. The SMILES string of the molecule is COc1ccc(C(CNC(=O)c2ccc(OC)c(OC)c2OC)c2c[nH]c3ccccc23)cc1. The Balaban J connectivity index is 1.67. The molecule has 176 valence electrons. The normalized spacial score (nSPS) is 11.6. The number of fused-ring (bicyclic) bond motifs is 1. The van der Waals surface area contributed by atoms with E-state index in [0.717, 1.165) is 27.8 Å². The molecule has 0 saturated heterocycles. The second-order valence-electron chi connectivity index (χ2n) is 7.71. The van der Waals surface area contributed by atoms with Gasteiger partial charge in [-0.1, -0.05) is 30.3 Å². The highest BCUT2D eigenvalue weighted by Gasteiger charge is 2.23. The van der Waals surface area contributed by atoms with Crippen LogP contribution in [-0.2, 0) is 0 Å². The lowest BCUT2D eigenvalue weighted by atomic mass is 9.90. The fraction of sp³-hybridized carbons (Fsp3) is 0.222. The predicted molar refractivity (Wildman–Crippen MR) is 132 cm³/mol. The molecule has 7 heteroatoms. The average molecular weight is 461 g/mol. The van der Waals surface area contributed by atoms with Crippen molar-refractivity contribution in [2.45, 2.75) is 5.92 Å². The quantitative estimate of drug-likeness (QED) is 0.376. The molecule has 0 spiro atoms. The number of methoxy groups -OCH3 is 4. The number of aromatic amines is 1. The molecule has 1 aromatic heterocycles. The Morgan fingerprint density at radius 1 is 0.853 bits per heavy atom. The summed E-state index contributed by atoms with van der Waals surface area (Å²) in [5.41, 5.74) is 3.57. The van der Waals surface area contributed by atoms with Gasteiger partial charge >= 0.3 is 0 Å². The molecule has 7 nitrogen and oxygen atoms in total.